The lowest BCUT2D eigenvalue weighted by atomic mass is 10.0. The van der Waals surface area contributed by atoms with Crippen LogP contribution in [0.1, 0.15) is 49.8 Å². The fraction of sp³-hybridized carbons (Fsp3) is 0.321. The SMILES string of the molecule is CCC(CC)CCS(=O)/N=C\c1ccccc1P(c1ccccc1C)c1ccccc1C. The van der Waals surface area contributed by atoms with Gasteiger partial charge in [0.25, 0.3) is 0 Å². The number of aryl methyl sites for hydroxylation is 2. The Labute approximate surface area is 197 Å². The van der Waals surface area contributed by atoms with Crippen molar-refractivity contribution >= 4 is 41.0 Å². The van der Waals surface area contributed by atoms with E-state index in [0.717, 1.165) is 24.8 Å². The third-order valence-electron chi connectivity index (χ3n) is 6.06. The summed E-state index contributed by atoms with van der Waals surface area (Å²) in [6.07, 6.45) is 5.08. The number of hydrogen-bond acceptors (Lipinski definition) is 1. The van der Waals surface area contributed by atoms with Gasteiger partial charge in [0, 0.05) is 17.5 Å². The zero-order valence-electron chi connectivity index (χ0n) is 19.6. The molecule has 0 heterocycles. The van der Waals surface area contributed by atoms with Crippen molar-refractivity contribution in [2.45, 2.75) is 47.0 Å². The molecule has 0 bridgehead atoms. The van der Waals surface area contributed by atoms with E-state index in [2.05, 4.69) is 98.8 Å². The Morgan fingerprint density at radius 2 is 1.31 bits per heavy atom. The van der Waals surface area contributed by atoms with E-state index in [1.54, 1.807) is 0 Å². The molecule has 0 aliphatic rings. The van der Waals surface area contributed by atoms with Gasteiger partial charge in [0.1, 0.15) is 11.0 Å². The van der Waals surface area contributed by atoms with Crippen LogP contribution in [0.2, 0.25) is 0 Å². The molecule has 0 spiro atoms. The molecule has 0 N–H and O–H groups in total. The fourth-order valence-electron chi connectivity index (χ4n) is 3.95. The Hall–Kier alpha value is -2.09. The minimum absolute atomic E-state index is 0.634. The van der Waals surface area contributed by atoms with Gasteiger partial charge in [0.05, 0.1) is 0 Å². The average Bonchev–Trinajstić information content (AvgIpc) is 2.81. The third kappa shape index (κ3) is 6.24. The Balaban J connectivity index is 1.98. The second-order valence-electron chi connectivity index (χ2n) is 8.20. The van der Waals surface area contributed by atoms with E-state index in [1.165, 1.54) is 27.0 Å². The Bertz CT molecular complexity index is 1030. The van der Waals surface area contributed by atoms with E-state index in [1.807, 2.05) is 12.3 Å². The van der Waals surface area contributed by atoms with Gasteiger partial charge in [-0.15, -0.1) is 0 Å². The molecule has 32 heavy (non-hydrogen) atoms. The summed E-state index contributed by atoms with van der Waals surface area (Å²) in [5.41, 5.74) is 3.64. The van der Waals surface area contributed by atoms with Gasteiger partial charge >= 0.3 is 0 Å². The molecule has 168 valence electrons. The first kappa shape index (κ1) is 24.6. The van der Waals surface area contributed by atoms with Crippen LogP contribution >= 0.6 is 7.92 Å². The van der Waals surface area contributed by atoms with Gasteiger partial charge in [-0.1, -0.05) is 99.5 Å². The summed E-state index contributed by atoms with van der Waals surface area (Å²) in [5, 5.41) is 3.96. The van der Waals surface area contributed by atoms with E-state index in [9.17, 15) is 4.21 Å². The molecule has 1 atom stereocenters. The van der Waals surface area contributed by atoms with E-state index < -0.39 is 18.9 Å². The first-order valence-electron chi connectivity index (χ1n) is 11.5. The van der Waals surface area contributed by atoms with Crippen molar-refractivity contribution in [2.75, 3.05) is 5.75 Å². The monoisotopic (exact) mass is 463 g/mol. The molecule has 2 nitrogen and oxygen atoms in total. The summed E-state index contributed by atoms with van der Waals surface area (Å²) in [6.45, 7) is 8.78. The van der Waals surface area contributed by atoms with Crippen LogP contribution in [0.5, 0.6) is 0 Å². The molecule has 3 rings (SSSR count). The molecule has 0 amide bonds. The minimum Gasteiger partial charge on any atom is -0.235 e. The normalized spacial score (nSPS) is 12.7. The van der Waals surface area contributed by atoms with Gasteiger partial charge in [-0.2, -0.15) is 4.40 Å². The van der Waals surface area contributed by atoms with Crippen LogP contribution in [0.25, 0.3) is 0 Å². The highest BCUT2D eigenvalue weighted by molar-refractivity contribution is 7.83. The van der Waals surface area contributed by atoms with Gasteiger partial charge in [-0.3, -0.25) is 0 Å². The Kier molecular flexibility index (Phi) is 9.38. The molecule has 1 unspecified atom stereocenters. The van der Waals surface area contributed by atoms with E-state index >= 15 is 0 Å². The molecule has 0 fully saturated rings. The smallest absolute Gasteiger partial charge is 0.139 e. The lowest BCUT2D eigenvalue weighted by Gasteiger charge is -2.24. The van der Waals surface area contributed by atoms with Crippen molar-refractivity contribution in [1.29, 1.82) is 0 Å². The second-order valence-corrected chi connectivity index (χ2v) is 11.6. The third-order valence-corrected chi connectivity index (χ3v) is 9.84. The van der Waals surface area contributed by atoms with Crippen molar-refractivity contribution in [3.63, 3.8) is 0 Å². The number of nitrogens with zero attached hydrogens (tertiary/aromatic N) is 1. The minimum atomic E-state index is -1.19. The van der Waals surface area contributed by atoms with Crippen molar-refractivity contribution in [2.24, 2.45) is 10.3 Å². The standard InChI is InChI=1S/C28H34NOPS/c1-5-24(6-2)19-20-32(30)29-21-25-15-9-12-18-28(25)31(26-16-10-7-13-22(26)3)27-17-11-8-14-23(27)4/h7-18,21,24H,5-6,19-20H2,1-4H3/b29-21-. The average molecular weight is 464 g/mol. The topological polar surface area (TPSA) is 29.4 Å². The quantitative estimate of drug-likeness (QED) is 0.269. The van der Waals surface area contributed by atoms with Crippen LogP contribution in [0.3, 0.4) is 0 Å². The fourth-order valence-corrected chi connectivity index (χ4v) is 7.55. The number of benzene rings is 3. The zero-order chi connectivity index (χ0) is 22.9. The molecule has 4 heteroatoms. The lowest BCUT2D eigenvalue weighted by molar-refractivity contribution is 0.479. The van der Waals surface area contributed by atoms with Gasteiger partial charge in [-0.05, 0) is 61.1 Å². The van der Waals surface area contributed by atoms with Gasteiger partial charge < -0.3 is 0 Å². The molecule has 0 aliphatic carbocycles. The number of rotatable bonds is 10. The summed E-state index contributed by atoms with van der Waals surface area (Å²) in [7, 11) is -1.94. The van der Waals surface area contributed by atoms with Crippen LogP contribution in [-0.2, 0) is 11.0 Å². The second kappa shape index (κ2) is 12.2. The Morgan fingerprint density at radius 3 is 1.84 bits per heavy atom. The maximum atomic E-state index is 12.6. The summed E-state index contributed by atoms with van der Waals surface area (Å²) in [4.78, 5) is 0. The summed E-state index contributed by atoms with van der Waals surface area (Å²) in [5.74, 6) is 1.27. The van der Waals surface area contributed by atoms with Crippen LogP contribution in [0.15, 0.2) is 77.2 Å². The van der Waals surface area contributed by atoms with Gasteiger partial charge in [-0.25, -0.2) is 4.21 Å². The van der Waals surface area contributed by atoms with Crippen molar-refractivity contribution in [3.05, 3.63) is 89.5 Å². The lowest BCUT2D eigenvalue weighted by Crippen LogP contribution is -2.26. The molecule has 0 aromatic heterocycles. The number of hydrogen-bond donors (Lipinski definition) is 0. The molecular weight excluding hydrogens is 429 g/mol. The van der Waals surface area contributed by atoms with Crippen LogP contribution in [0, 0.1) is 19.8 Å². The van der Waals surface area contributed by atoms with E-state index in [0.29, 0.717) is 11.7 Å². The first-order valence-corrected chi connectivity index (χ1v) is 14.1. The van der Waals surface area contributed by atoms with Crippen molar-refractivity contribution in [1.82, 2.24) is 0 Å². The largest absolute Gasteiger partial charge is 0.235 e. The van der Waals surface area contributed by atoms with E-state index in [-0.39, 0.29) is 0 Å². The predicted octanol–water partition coefficient (Wildman–Crippen LogP) is 5.97. The first-order chi connectivity index (χ1) is 15.5. The predicted molar refractivity (Wildman–Crippen MR) is 144 cm³/mol. The maximum Gasteiger partial charge on any atom is 0.139 e. The molecule has 3 aromatic rings. The summed E-state index contributed by atoms with van der Waals surface area (Å²) < 4.78 is 17.1. The van der Waals surface area contributed by atoms with Crippen molar-refractivity contribution in [3.8, 4) is 0 Å². The molecule has 0 saturated carbocycles. The van der Waals surface area contributed by atoms with Gasteiger partial charge in [0.2, 0.25) is 0 Å². The van der Waals surface area contributed by atoms with Crippen LogP contribution in [0.4, 0.5) is 0 Å². The molecular formula is C28H34NOPS. The highest BCUT2D eigenvalue weighted by Crippen LogP contribution is 2.36. The van der Waals surface area contributed by atoms with Crippen LogP contribution in [-0.4, -0.2) is 16.2 Å². The molecule has 0 saturated heterocycles. The Morgan fingerprint density at radius 1 is 0.812 bits per heavy atom. The van der Waals surface area contributed by atoms with Crippen molar-refractivity contribution < 1.29 is 4.21 Å². The van der Waals surface area contributed by atoms with Gasteiger partial charge in [0.15, 0.2) is 0 Å². The summed E-state index contributed by atoms with van der Waals surface area (Å²) >= 11 is 0. The van der Waals surface area contributed by atoms with E-state index in [4.69, 9.17) is 0 Å². The zero-order valence-corrected chi connectivity index (χ0v) is 21.3. The van der Waals surface area contributed by atoms with Crippen LogP contribution < -0.4 is 15.9 Å². The highest BCUT2D eigenvalue weighted by atomic mass is 32.2. The maximum absolute atomic E-state index is 12.6. The molecule has 0 aliphatic heterocycles. The summed E-state index contributed by atoms with van der Waals surface area (Å²) in [6, 6.07) is 25.8. The highest BCUT2D eigenvalue weighted by Gasteiger charge is 2.21. The molecule has 0 radical (unpaired) electrons. The molecule has 3 aromatic carbocycles.